The third kappa shape index (κ3) is 1.81. The van der Waals surface area contributed by atoms with Gasteiger partial charge in [-0.15, -0.1) is 0 Å². The molecule has 10 heteroatoms. The van der Waals surface area contributed by atoms with Crippen molar-refractivity contribution >= 4 is 29.3 Å². The molecule has 3 heterocycles. The number of aromatic amines is 1. The highest BCUT2D eigenvalue weighted by molar-refractivity contribution is 7.71. The van der Waals surface area contributed by atoms with Gasteiger partial charge in [0.1, 0.15) is 29.5 Å². The molecular weight excluding hydrogens is 286 g/mol. The molecule has 0 radical (unpaired) electrons. The SMILES string of the molecule is Nc1nc2c(=S)nc[nH]c2n1C1OC(CO)C(O)C1O. The second-order valence-corrected chi connectivity index (χ2v) is 4.86. The fraction of sp³-hybridized carbons (Fsp3) is 0.500. The van der Waals surface area contributed by atoms with Crippen molar-refractivity contribution in [1.82, 2.24) is 19.5 Å². The van der Waals surface area contributed by atoms with E-state index < -0.39 is 31.1 Å². The summed E-state index contributed by atoms with van der Waals surface area (Å²) in [6.45, 7) is -0.418. The third-order valence-corrected chi connectivity index (χ3v) is 3.59. The number of fused-ring (bicyclic) bond motifs is 1. The van der Waals surface area contributed by atoms with Gasteiger partial charge in [0.15, 0.2) is 10.9 Å². The van der Waals surface area contributed by atoms with Crippen LogP contribution in [0.4, 0.5) is 5.95 Å². The molecule has 0 bridgehead atoms. The number of nitrogen functional groups attached to an aromatic ring is 1. The lowest BCUT2D eigenvalue weighted by atomic mass is 10.1. The molecule has 3 rings (SSSR count). The molecule has 108 valence electrons. The van der Waals surface area contributed by atoms with Crippen molar-refractivity contribution in [2.24, 2.45) is 0 Å². The lowest BCUT2D eigenvalue weighted by Crippen LogP contribution is -2.33. The molecule has 0 amide bonds. The van der Waals surface area contributed by atoms with Crippen molar-refractivity contribution in [3.05, 3.63) is 11.0 Å². The fourth-order valence-corrected chi connectivity index (χ4v) is 2.50. The topological polar surface area (TPSA) is 142 Å². The Labute approximate surface area is 117 Å². The highest BCUT2D eigenvalue weighted by Crippen LogP contribution is 2.33. The van der Waals surface area contributed by atoms with Crippen LogP contribution in [-0.2, 0) is 4.74 Å². The summed E-state index contributed by atoms with van der Waals surface area (Å²) in [4.78, 5) is 10.8. The standard InChI is InChI=1S/C10H13N5O4S/c11-10-14-4-7(12-2-13-8(4)20)15(10)9-6(18)5(17)3(1-16)19-9/h2-3,5-6,9,16-18H,1H2,(H2,11,14)(H,12,13,20). The van der Waals surface area contributed by atoms with Crippen molar-refractivity contribution in [3.63, 3.8) is 0 Å². The highest BCUT2D eigenvalue weighted by atomic mass is 32.1. The van der Waals surface area contributed by atoms with Crippen molar-refractivity contribution in [3.8, 4) is 0 Å². The van der Waals surface area contributed by atoms with Crippen LogP contribution in [0.2, 0.25) is 0 Å². The molecule has 1 fully saturated rings. The molecule has 9 nitrogen and oxygen atoms in total. The number of anilines is 1. The van der Waals surface area contributed by atoms with E-state index in [1.54, 1.807) is 0 Å². The zero-order chi connectivity index (χ0) is 14.4. The van der Waals surface area contributed by atoms with Gasteiger partial charge in [0.05, 0.1) is 12.9 Å². The maximum atomic E-state index is 10.0. The minimum absolute atomic E-state index is 0.0604. The summed E-state index contributed by atoms with van der Waals surface area (Å²) in [7, 11) is 0. The Kier molecular flexibility index (Phi) is 3.18. The van der Waals surface area contributed by atoms with Gasteiger partial charge in [0.2, 0.25) is 5.95 Å². The van der Waals surface area contributed by atoms with E-state index in [0.717, 1.165) is 0 Å². The molecule has 4 atom stereocenters. The molecule has 1 aliphatic rings. The smallest absolute Gasteiger partial charge is 0.204 e. The number of aromatic nitrogens is 4. The largest absolute Gasteiger partial charge is 0.394 e. The van der Waals surface area contributed by atoms with Crippen LogP contribution in [0.5, 0.6) is 0 Å². The Morgan fingerprint density at radius 1 is 1.45 bits per heavy atom. The van der Waals surface area contributed by atoms with Crippen LogP contribution in [-0.4, -0.2) is 59.8 Å². The Hall–Kier alpha value is -1.59. The number of hydrogen-bond acceptors (Lipinski definition) is 8. The number of hydrogen-bond donors (Lipinski definition) is 5. The number of aliphatic hydroxyl groups excluding tert-OH is 3. The van der Waals surface area contributed by atoms with E-state index in [1.165, 1.54) is 10.9 Å². The molecule has 6 N–H and O–H groups in total. The van der Waals surface area contributed by atoms with Gasteiger partial charge in [-0.05, 0) is 0 Å². The number of nitrogens with zero attached hydrogens (tertiary/aromatic N) is 3. The number of ether oxygens (including phenoxy) is 1. The van der Waals surface area contributed by atoms with Crippen LogP contribution < -0.4 is 5.73 Å². The van der Waals surface area contributed by atoms with Crippen LogP contribution >= 0.6 is 12.2 Å². The summed E-state index contributed by atoms with van der Waals surface area (Å²) in [5.74, 6) is 0.0604. The quantitative estimate of drug-likeness (QED) is 0.430. The predicted molar refractivity (Wildman–Crippen MR) is 70.1 cm³/mol. The average Bonchev–Trinajstić information content (AvgIpc) is 2.90. The first-order chi connectivity index (χ1) is 9.54. The van der Waals surface area contributed by atoms with E-state index in [1.807, 2.05) is 0 Å². The first-order valence-corrected chi connectivity index (χ1v) is 6.29. The second-order valence-electron chi connectivity index (χ2n) is 4.47. The normalized spacial score (nSPS) is 30.1. The van der Waals surface area contributed by atoms with Crippen LogP contribution in [0.1, 0.15) is 6.23 Å². The number of rotatable bonds is 2. The summed E-state index contributed by atoms with van der Waals surface area (Å²) in [6.07, 6.45) is -2.95. The molecule has 0 spiro atoms. The Morgan fingerprint density at radius 2 is 2.20 bits per heavy atom. The summed E-state index contributed by atoms with van der Waals surface area (Å²) in [5.41, 5.74) is 6.62. The Balaban J connectivity index is 2.14. The lowest BCUT2D eigenvalue weighted by molar-refractivity contribution is -0.0500. The van der Waals surface area contributed by atoms with Gasteiger partial charge < -0.3 is 30.8 Å². The Bertz CT molecular complexity index is 701. The molecule has 2 aromatic heterocycles. The van der Waals surface area contributed by atoms with Crippen molar-refractivity contribution in [2.75, 3.05) is 12.3 Å². The van der Waals surface area contributed by atoms with E-state index in [2.05, 4.69) is 15.0 Å². The zero-order valence-corrected chi connectivity index (χ0v) is 11.0. The van der Waals surface area contributed by atoms with Crippen molar-refractivity contribution in [1.29, 1.82) is 0 Å². The van der Waals surface area contributed by atoms with Crippen molar-refractivity contribution < 1.29 is 20.1 Å². The first kappa shape index (κ1) is 13.4. The highest BCUT2D eigenvalue weighted by Gasteiger charge is 2.44. The van der Waals surface area contributed by atoms with Gasteiger partial charge in [0, 0.05) is 0 Å². The van der Waals surface area contributed by atoms with E-state index in [4.69, 9.17) is 27.8 Å². The van der Waals surface area contributed by atoms with Gasteiger partial charge in [-0.25, -0.2) is 9.97 Å². The number of H-pyrrole nitrogens is 1. The van der Waals surface area contributed by atoms with Gasteiger partial charge in [0.25, 0.3) is 0 Å². The van der Waals surface area contributed by atoms with Gasteiger partial charge in [-0.2, -0.15) is 0 Å². The third-order valence-electron chi connectivity index (χ3n) is 3.30. The van der Waals surface area contributed by atoms with E-state index in [0.29, 0.717) is 11.2 Å². The molecule has 0 aliphatic carbocycles. The number of aliphatic hydroxyl groups is 3. The average molecular weight is 299 g/mol. The predicted octanol–water partition coefficient (Wildman–Crippen LogP) is -1.32. The summed E-state index contributed by atoms with van der Waals surface area (Å²) in [6, 6.07) is 0. The molecule has 1 aliphatic heterocycles. The van der Waals surface area contributed by atoms with Crippen LogP contribution in [0, 0.1) is 4.64 Å². The molecule has 0 saturated carbocycles. The zero-order valence-electron chi connectivity index (χ0n) is 10.2. The maximum absolute atomic E-state index is 10.0. The lowest BCUT2D eigenvalue weighted by Gasteiger charge is -2.17. The minimum atomic E-state index is -1.25. The molecule has 4 unspecified atom stereocenters. The van der Waals surface area contributed by atoms with E-state index >= 15 is 0 Å². The number of nitrogens with two attached hydrogens (primary N) is 1. The monoisotopic (exact) mass is 299 g/mol. The first-order valence-electron chi connectivity index (χ1n) is 5.88. The minimum Gasteiger partial charge on any atom is -0.394 e. The number of imidazole rings is 1. The van der Waals surface area contributed by atoms with E-state index in [-0.39, 0.29) is 10.6 Å². The summed E-state index contributed by atoms with van der Waals surface area (Å²) >= 11 is 5.04. The molecule has 20 heavy (non-hydrogen) atoms. The van der Waals surface area contributed by atoms with Gasteiger partial charge in [-0.1, -0.05) is 12.2 Å². The molecule has 0 aromatic carbocycles. The van der Waals surface area contributed by atoms with Crippen molar-refractivity contribution in [2.45, 2.75) is 24.5 Å². The second kappa shape index (κ2) is 4.75. The molecular formula is C10H13N5O4S. The molecule has 2 aromatic rings. The molecule has 1 saturated heterocycles. The van der Waals surface area contributed by atoms with Crippen LogP contribution in [0.25, 0.3) is 11.2 Å². The van der Waals surface area contributed by atoms with Gasteiger partial charge in [-0.3, -0.25) is 4.57 Å². The number of nitrogens with one attached hydrogen (secondary N) is 1. The Morgan fingerprint density at radius 3 is 2.85 bits per heavy atom. The fourth-order valence-electron chi connectivity index (χ4n) is 2.30. The van der Waals surface area contributed by atoms with E-state index in [9.17, 15) is 10.2 Å². The maximum Gasteiger partial charge on any atom is 0.204 e. The van der Waals surface area contributed by atoms with Gasteiger partial charge >= 0.3 is 0 Å². The van der Waals surface area contributed by atoms with Crippen LogP contribution in [0.3, 0.4) is 0 Å². The van der Waals surface area contributed by atoms with Crippen LogP contribution in [0.15, 0.2) is 6.33 Å². The summed E-state index contributed by atoms with van der Waals surface area (Å²) < 4.78 is 7.07. The summed E-state index contributed by atoms with van der Waals surface area (Å²) in [5, 5.41) is 28.9.